The lowest BCUT2D eigenvalue weighted by atomic mass is 10.3. The monoisotopic (exact) mass is 148 g/mol. The average Bonchev–Trinajstić information content (AvgIpc) is 1.90. The Hall–Kier alpha value is -0.500. The van der Waals surface area contributed by atoms with E-state index < -0.39 is 0 Å². The minimum absolute atomic E-state index is 0.211. The minimum atomic E-state index is -0.354. The molecule has 0 aliphatic heterocycles. The summed E-state index contributed by atoms with van der Waals surface area (Å²) in [6.07, 6.45) is 1.64. The summed E-state index contributed by atoms with van der Waals surface area (Å²) in [6, 6.07) is 0. The van der Waals surface area contributed by atoms with E-state index in [0.29, 0.717) is 5.57 Å². The average molecular weight is 149 g/mol. The van der Waals surface area contributed by atoms with Gasteiger partial charge >= 0.3 is 5.97 Å². The molecule has 0 N–H and O–H groups in total. The normalized spacial score (nSPS) is 11.2. The van der Waals surface area contributed by atoms with Crippen LogP contribution in [0.15, 0.2) is 11.6 Å². The lowest BCUT2D eigenvalue weighted by Crippen LogP contribution is -2.05. The van der Waals surface area contributed by atoms with Crippen LogP contribution in [0.4, 0.5) is 0 Å². The molecule has 0 saturated carbocycles. The first kappa shape index (κ1) is 8.50. The van der Waals surface area contributed by atoms with Crippen molar-refractivity contribution in [3.8, 4) is 0 Å². The first-order valence-electron chi connectivity index (χ1n) is 2.55. The molecule has 0 amide bonds. The predicted octanol–water partition coefficient (Wildman–Crippen LogP) is 1.34. The van der Waals surface area contributed by atoms with Gasteiger partial charge in [-0.2, -0.15) is 0 Å². The molecule has 0 spiro atoms. The maximum Gasteiger partial charge on any atom is 0.334 e. The first-order chi connectivity index (χ1) is 4.26. The molecule has 0 aliphatic rings. The van der Waals surface area contributed by atoms with Gasteiger partial charge in [-0.3, -0.25) is 0 Å². The SMILES string of the molecule is C/C=C(\CCl)C(=O)OC. The fraction of sp³-hybridized carbons (Fsp3) is 0.500. The zero-order chi connectivity index (χ0) is 7.28. The van der Waals surface area contributed by atoms with Crippen molar-refractivity contribution in [2.45, 2.75) is 6.92 Å². The molecule has 0 fully saturated rings. The van der Waals surface area contributed by atoms with Crippen molar-refractivity contribution < 1.29 is 9.53 Å². The Labute approximate surface area is 59.5 Å². The van der Waals surface area contributed by atoms with Crippen LogP contribution in [0.25, 0.3) is 0 Å². The molecule has 0 aromatic heterocycles. The lowest BCUT2D eigenvalue weighted by molar-refractivity contribution is -0.135. The highest BCUT2D eigenvalue weighted by atomic mass is 35.5. The molecule has 0 heterocycles. The van der Waals surface area contributed by atoms with E-state index in [1.54, 1.807) is 13.0 Å². The third-order valence-electron chi connectivity index (χ3n) is 0.940. The fourth-order valence-corrected chi connectivity index (χ4v) is 0.644. The van der Waals surface area contributed by atoms with Gasteiger partial charge in [-0.25, -0.2) is 4.79 Å². The molecular weight excluding hydrogens is 140 g/mol. The van der Waals surface area contributed by atoms with Crippen LogP contribution in [0, 0.1) is 0 Å². The molecule has 0 aromatic rings. The summed E-state index contributed by atoms with van der Waals surface area (Å²) in [5.74, 6) is -0.143. The van der Waals surface area contributed by atoms with Crippen molar-refractivity contribution in [2.24, 2.45) is 0 Å². The highest BCUT2D eigenvalue weighted by Gasteiger charge is 2.04. The highest BCUT2D eigenvalue weighted by molar-refractivity contribution is 6.22. The number of rotatable bonds is 2. The molecule has 0 rings (SSSR count). The number of allylic oxidation sites excluding steroid dienone is 1. The number of carbonyl (C=O) groups is 1. The van der Waals surface area contributed by atoms with E-state index in [2.05, 4.69) is 4.74 Å². The summed E-state index contributed by atoms with van der Waals surface area (Å²) in [6.45, 7) is 1.74. The third kappa shape index (κ3) is 2.51. The van der Waals surface area contributed by atoms with Crippen LogP contribution in [0.2, 0.25) is 0 Å². The molecule has 0 aromatic carbocycles. The molecule has 3 heteroatoms. The predicted molar refractivity (Wildman–Crippen MR) is 36.5 cm³/mol. The van der Waals surface area contributed by atoms with Gasteiger partial charge in [-0.05, 0) is 6.92 Å². The van der Waals surface area contributed by atoms with E-state index in [-0.39, 0.29) is 11.8 Å². The van der Waals surface area contributed by atoms with Crippen molar-refractivity contribution in [1.29, 1.82) is 0 Å². The number of carbonyl (C=O) groups excluding carboxylic acids is 1. The number of esters is 1. The zero-order valence-corrected chi connectivity index (χ0v) is 6.23. The molecule has 2 nitrogen and oxygen atoms in total. The Morgan fingerprint density at radius 2 is 2.33 bits per heavy atom. The Balaban J connectivity index is 3.97. The molecule has 0 unspecified atom stereocenters. The quantitative estimate of drug-likeness (QED) is 0.336. The van der Waals surface area contributed by atoms with Crippen LogP contribution in [0.3, 0.4) is 0 Å². The lowest BCUT2D eigenvalue weighted by Gasteiger charge is -1.97. The van der Waals surface area contributed by atoms with Crippen molar-refractivity contribution in [2.75, 3.05) is 13.0 Å². The van der Waals surface area contributed by atoms with Crippen molar-refractivity contribution >= 4 is 17.6 Å². The molecule has 0 aliphatic carbocycles. The number of hydrogen-bond donors (Lipinski definition) is 0. The third-order valence-corrected chi connectivity index (χ3v) is 1.23. The van der Waals surface area contributed by atoms with Gasteiger partial charge in [-0.15, -0.1) is 11.6 Å². The van der Waals surface area contributed by atoms with Crippen LogP contribution in [0.5, 0.6) is 0 Å². The van der Waals surface area contributed by atoms with Crippen molar-refractivity contribution in [3.63, 3.8) is 0 Å². The highest BCUT2D eigenvalue weighted by Crippen LogP contribution is 1.98. The molecule has 52 valence electrons. The smallest absolute Gasteiger partial charge is 0.334 e. The van der Waals surface area contributed by atoms with Gasteiger partial charge in [0.05, 0.1) is 13.0 Å². The molecule has 0 saturated heterocycles. The van der Waals surface area contributed by atoms with Gasteiger partial charge in [0, 0.05) is 5.57 Å². The van der Waals surface area contributed by atoms with E-state index in [1.807, 2.05) is 0 Å². The van der Waals surface area contributed by atoms with E-state index in [4.69, 9.17) is 11.6 Å². The van der Waals surface area contributed by atoms with Crippen LogP contribution in [0.1, 0.15) is 6.92 Å². The van der Waals surface area contributed by atoms with E-state index in [9.17, 15) is 4.79 Å². The number of hydrogen-bond acceptors (Lipinski definition) is 2. The number of alkyl halides is 1. The minimum Gasteiger partial charge on any atom is -0.466 e. The summed E-state index contributed by atoms with van der Waals surface area (Å²) in [5, 5.41) is 0. The van der Waals surface area contributed by atoms with Crippen LogP contribution in [-0.4, -0.2) is 19.0 Å². The summed E-state index contributed by atoms with van der Waals surface area (Å²) in [4.78, 5) is 10.6. The Kier molecular flexibility index (Phi) is 4.14. The van der Waals surface area contributed by atoms with Gasteiger partial charge in [-0.1, -0.05) is 6.08 Å². The Morgan fingerprint density at radius 3 is 2.44 bits per heavy atom. The summed E-state index contributed by atoms with van der Waals surface area (Å²) >= 11 is 5.37. The van der Waals surface area contributed by atoms with Crippen molar-refractivity contribution in [3.05, 3.63) is 11.6 Å². The standard InChI is InChI=1S/C6H9ClO2/c1-3-5(4-7)6(8)9-2/h3H,4H2,1-2H3/b5-3+. The van der Waals surface area contributed by atoms with Crippen LogP contribution in [-0.2, 0) is 9.53 Å². The topological polar surface area (TPSA) is 26.3 Å². The molecule has 0 atom stereocenters. The summed E-state index contributed by atoms with van der Waals surface area (Å²) in [5.41, 5.74) is 0.499. The van der Waals surface area contributed by atoms with Crippen LogP contribution >= 0.6 is 11.6 Å². The summed E-state index contributed by atoms with van der Waals surface area (Å²) < 4.78 is 4.40. The van der Waals surface area contributed by atoms with Gasteiger partial charge in [0.1, 0.15) is 0 Å². The Morgan fingerprint density at radius 1 is 1.78 bits per heavy atom. The van der Waals surface area contributed by atoms with Gasteiger partial charge in [0.15, 0.2) is 0 Å². The molecule has 0 bridgehead atoms. The Bertz CT molecular complexity index is 129. The van der Waals surface area contributed by atoms with E-state index in [1.165, 1.54) is 7.11 Å². The van der Waals surface area contributed by atoms with Gasteiger partial charge in [0.2, 0.25) is 0 Å². The van der Waals surface area contributed by atoms with E-state index >= 15 is 0 Å². The van der Waals surface area contributed by atoms with Gasteiger partial charge < -0.3 is 4.74 Å². The molecule has 0 radical (unpaired) electrons. The van der Waals surface area contributed by atoms with Crippen molar-refractivity contribution in [1.82, 2.24) is 0 Å². The van der Waals surface area contributed by atoms with Gasteiger partial charge in [0.25, 0.3) is 0 Å². The first-order valence-corrected chi connectivity index (χ1v) is 3.09. The van der Waals surface area contributed by atoms with Crippen LogP contribution < -0.4 is 0 Å². The number of ether oxygens (including phenoxy) is 1. The number of halogens is 1. The molecular formula is C6H9ClO2. The fourth-order valence-electron chi connectivity index (χ4n) is 0.381. The second kappa shape index (κ2) is 4.39. The maximum absolute atomic E-state index is 10.6. The summed E-state index contributed by atoms with van der Waals surface area (Å²) in [7, 11) is 1.33. The maximum atomic E-state index is 10.6. The number of methoxy groups -OCH3 is 1. The second-order valence-corrected chi connectivity index (χ2v) is 1.71. The zero-order valence-electron chi connectivity index (χ0n) is 5.48. The largest absolute Gasteiger partial charge is 0.466 e. The molecule has 9 heavy (non-hydrogen) atoms. The van der Waals surface area contributed by atoms with E-state index in [0.717, 1.165) is 0 Å². The second-order valence-electron chi connectivity index (χ2n) is 1.44.